The summed E-state index contributed by atoms with van der Waals surface area (Å²) in [6, 6.07) is 13.2. The van der Waals surface area contributed by atoms with E-state index in [4.69, 9.17) is 18.3 Å². The Labute approximate surface area is 326 Å². The minimum absolute atomic E-state index is 0.0341. The Morgan fingerprint density at radius 3 is 1.83 bits per heavy atom. The molecule has 3 aliphatic carbocycles. The Hall–Kier alpha value is -1.91. The molecular formula is C42H70O10Si2. The van der Waals surface area contributed by atoms with Crippen LogP contribution < -0.4 is 0 Å². The highest BCUT2D eigenvalue weighted by Gasteiger charge is 2.75. The van der Waals surface area contributed by atoms with Crippen molar-refractivity contribution < 1.29 is 48.3 Å². The van der Waals surface area contributed by atoms with Crippen LogP contribution in [-0.4, -0.2) is 96.8 Å². The molecule has 306 valence electrons. The monoisotopic (exact) mass is 790 g/mol. The number of rotatable bonds is 14. The van der Waals surface area contributed by atoms with Gasteiger partial charge >= 0.3 is 11.9 Å². The number of carbonyl (C=O) groups is 2. The molecule has 0 spiro atoms. The minimum atomic E-state index is -2.54. The molecule has 0 aliphatic heterocycles. The number of aliphatic hydroxyl groups excluding tert-OH is 3. The van der Waals surface area contributed by atoms with Crippen LogP contribution in [0, 0.1) is 16.7 Å². The molecule has 0 radical (unpaired) electrons. The third-order valence-electron chi connectivity index (χ3n) is 14.8. The molecule has 2 fully saturated rings. The second kappa shape index (κ2) is 16.5. The van der Waals surface area contributed by atoms with Gasteiger partial charge in [-0.15, -0.1) is 0 Å². The van der Waals surface area contributed by atoms with Gasteiger partial charge in [0, 0.05) is 30.6 Å². The number of fused-ring (bicyclic) bond motifs is 3. The first-order chi connectivity index (χ1) is 25.2. The summed E-state index contributed by atoms with van der Waals surface area (Å²) in [5.41, 5.74) is -5.04. The fraction of sp³-hybridized carbons (Fsp3) is 0.762. The van der Waals surface area contributed by atoms with Crippen molar-refractivity contribution in [3.8, 4) is 0 Å². The van der Waals surface area contributed by atoms with Crippen molar-refractivity contribution in [1.29, 1.82) is 0 Å². The number of carbonyl (C=O) groups excluding carboxylic acids is 2. The van der Waals surface area contributed by atoms with Gasteiger partial charge in [0.1, 0.15) is 17.3 Å². The van der Waals surface area contributed by atoms with Crippen molar-refractivity contribution in [1.82, 2.24) is 0 Å². The van der Waals surface area contributed by atoms with Crippen molar-refractivity contribution in [3.05, 3.63) is 47.0 Å². The van der Waals surface area contributed by atoms with E-state index in [1.807, 2.05) is 27.7 Å². The third kappa shape index (κ3) is 7.13. The largest absolute Gasteiger partial charge is 0.456 e. The summed E-state index contributed by atoms with van der Waals surface area (Å²) in [5.74, 6) is -2.61. The van der Waals surface area contributed by atoms with Crippen LogP contribution in [0.1, 0.15) is 113 Å². The smallest absolute Gasteiger partial charge is 0.338 e. The molecular weight excluding hydrogens is 721 g/mol. The maximum Gasteiger partial charge on any atom is 0.338 e. The standard InChI is InChI=1S/C42H70O10Si2/c1-13-41(50-28(9)43)31(45)25-32(51-53(14-2,15-3)16-4)40(12)35(41)37(49-38(47)29-23-21-20-22-24-29)42(48)26-30(44)27(8)33(39(42,10)11)34(36(40)46)52-54(17-5,18-6)19-7/h20-24,30-32,34-37,44-46,48H,13-19,25-26H2,1-12H3/t30-,31+,32-,34+,35?,36+,37-,40+,41-,42+/m0/s1. The highest BCUT2D eigenvalue weighted by atomic mass is 28.4. The normalized spacial score (nSPS) is 35.4. The maximum atomic E-state index is 14.4. The SMILES string of the molecule is CC[C@@]1(OC(C)=O)C2[C@H](OC(=O)c3ccccc3)[C@]3(O)C[C@H](O)C(C)=C([C@@H](O[Si](CC)(CC)CC)[C@@H](O)[C@]2(C)[C@@H](O[Si](CC)(CC)CC)C[C@H]1O)C3(C)C. The molecule has 54 heavy (non-hydrogen) atoms. The Bertz CT molecular complexity index is 1490. The first kappa shape index (κ1) is 44.8. The molecule has 10 atom stereocenters. The molecule has 1 unspecified atom stereocenters. The zero-order valence-corrected chi connectivity index (χ0v) is 37.0. The van der Waals surface area contributed by atoms with E-state index >= 15 is 0 Å². The topological polar surface area (TPSA) is 152 Å². The summed E-state index contributed by atoms with van der Waals surface area (Å²) in [6.45, 7) is 23.2. The second-order valence-electron chi connectivity index (χ2n) is 17.1. The van der Waals surface area contributed by atoms with Gasteiger partial charge in [-0.3, -0.25) is 4.79 Å². The van der Waals surface area contributed by atoms with Crippen LogP contribution in [0.4, 0.5) is 0 Å². The van der Waals surface area contributed by atoms with Crippen LogP contribution in [0.25, 0.3) is 0 Å². The Kier molecular flexibility index (Phi) is 13.7. The lowest BCUT2D eigenvalue weighted by Crippen LogP contribution is -2.79. The average Bonchev–Trinajstić information content (AvgIpc) is 3.15. The molecule has 3 aliphatic rings. The molecule has 10 nitrogen and oxygen atoms in total. The lowest BCUT2D eigenvalue weighted by Gasteiger charge is -2.68. The van der Waals surface area contributed by atoms with E-state index < -0.39 is 93.1 Å². The average molecular weight is 791 g/mol. The molecule has 0 amide bonds. The van der Waals surface area contributed by atoms with E-state index in [1.165, 1.54) is 6.92 Å². The maximum absolute atomic E-state index is 14.4. The molecule has 4 N–H and O–H groups in total. The Morgan fingerprint density at radius 1 is 0.833 bits per heavy atom. The molecule has 0 saturated heterocycles. The van der Waals surface area contributed by atoms with Gasteiger partial charge in [0.2, 0.25) is 0 Å². The zero-order valence-electron chi connectivity index (χ0n) is 35.0. The van der Waals surface area contributed by atoms with Gasteiger partial charge in [-0.1, -0.05) is 87.4 Å². The van der Waals surface area contributed by atoms with Gasteiger partial charge in [-0.2, -0.15) is 0 Å². The molecule has 2 bridgehead atoms. The lowest BCUT2D eigenvalue weighted by molar-refractivity contribution is -0.308. The van der Waals surface area contributed by atoms with Crippen LogP contribution in [0.2, 0.25) is 36.3 Å². The number of esters is 2. The lowest BCUT2D eigenvalue weighted by atomic mass is 9.44. The molecule has 1 aromatic carbocycles. The summed E-state index contributed by atoms with van der Waals surface area (Å²) in [6.07, 6.45) is -7.28. The van der Waals surface area contributed by atoms with Crippen LogP contribution in [0.15, 0.2) is 41.5 Å². The predicted octanol–water partition coefficient (Wildman–Crippen LogP) is 7.30. The molecule has 0 heterocycles. The van der Waals surface area contributed by atoms with Gasteiger partial charge in [-0.05, 0) is 72.9 Å². The molecule has 0 aromatic heterocycles. The molecule has 12 heteroatoms. The summed E-state index contributed by atoms with van der Waals surface area (Å²) < 4.78 is 27.8. The molecule has 1 aromatic rings. The molecule has 2 saturated carbocycles. The van der Waals surface area contributed by atoms with E-state index in [2.05, 4.69) is 41.5 Å². The summed E-state index contributed by atoms with van der Waals surface area (Å²) >= 11 is 0. The fourth-order valence-electron chi connectivity index (χ4n) is 10.7. The fourth-order valence-corrected chi connectivity index (χ4v) is 16.4. The summed E-state index contributed by atoms with van der Waals surface area (Å²) in [7, 11) is -5.02. The van der Waals surface area contributed by atoms with Crippen molar-refractivity contribution >= 4 is 28.6 Å². The highest BCUT2D eigenvalue weighted by molar-refractivity contribution is 6.74. The van der Waals surface area contributed by atoms with Gasteiger partial charge < -0.3 is 38.8 Å². The van der Waals surface area contributed by atoms with Crippen molar-refractivity contribution in [2.45, 2.75) is 186 Å². The Balaban J connectivity index is 2.23. The first-order valence-corrected chi connectivity index (χ1v) is 25.6. The van der Waals surface area contributed by atoms with Crippen molar-refractivity contribution in [2.75, 3.05) is 0 Å². The van der Waals surface area contributed by atoms with Crippen LogP contribution in [0.3, 0.4) is 0 Å². The van der Waals surface area contributed by atoms with E-state index in [9.17, 15) is 30.0 Å². The first-order valence-electron chi connectivity index (χ1n) is 20.5. The van der Waals surface area contributed by atoms with E-state index in [0.717, 1.165) is 36.3 Å². The number of ether oxygens (including phenoxy) is 2. The number of hydrogen-bond donors (Lipinski definition) is 4. The number of benzene rings is 1. The third-order valence-corrected chi connectivity index (χ3v) is 24.1. The van der Waals surface area contributed by atoms with Crippen LogP contribution >= 0.6 is 0 Å². The highest BCUT2D eigenvalue weighted by Crippen LogP contribution is 2.65. The van der Waals surface area contributed by atoms with Crippen molar-refractivity contribution in [3.63, 3.8) is 0 Å². The summed E-state index contributed by atoms with van der Waals surface area (Å²) in [4.78, 5) is 27.6. The van der Waals surface area contributed by atoms with Gasteiger partial charge in [0.25, 0.3) is 0 Å². The van der Waals surface area contributed by atoms with Crippen molar-refractivity contribution in [2.24, 2.45) is 16.7 Å². The van der Waals surface area contributed by atoms with Crippen LogP contribution in [0.5, 0.6) is 0 Å². The number of aliphatic hydroxyl groups is 4. The van der Waals surface area contributed by atoms with Gasteiger partial charge in [-0.25, -0.2) is 4.79 Å². The predicted molar refractivity (Wildman–Crippen MR) is 215 cm³/mol. The van der Waals surface area contributed by atoms with E-state index in [-0.39, 0.29) is 24.8 Å². The van der Waals surface area contributed by atoms with E-state index in [1.54, 1.807) is 37.3 Å². The van der Waals surface area contributed by atoms with Crippen LogP contribution in [-0.2, 0) is 23.1 Å². The minimum Gasteiger partial charge on any atom is -0.456 e. The Morgan fingerprint density at radius 2 is 1.35 bits per heavy atom. The summed E-state index contributed by atoms with van der Waals surface area (Å²) in [5, 5.41) is 51.7. The quantitative estimate of drug-likeness (QED) is 0.0859. The number of hydrogen-bond acceptors (Lipinski definition) is 10. The second-order valence-corrected chi connectivity index (χ2v) is 26.6. The van der Waals surface area contributed by atoms with E-state index in [0.29, 0.717) is 11.1 Å². The van der Waals surface area contributed by atoms with Gasteiger partial charge in [0.05, 0.1) is 42.0 Å². The zero-order chi connectivity index (χ0) is 40.7. The molecule has 4 rings (SSSR count). The van der Waals surface area contributed by atoms with Gasteiger partial charge in [0.15, 0.2) is 16.6 Å².